The van der Waals surface area contributed by atoms with E-state index in [0.29, 0.717) is 12.0 Å². The van der Waals surface area contributed by atoms with Crippen molar-refractivity contribution < 1.29 is 8.78 Å². The fraction of sp³-hybridized carbons (Fsp3) is 0.286. The molecule has 0 saturated heterocycles. The van der Waals surface area contributed by atoms with Crippen LogP contribution in [0.1, 0.15) is 23.4 Å². The molecule has 0 amide bonds. The Bertz CT molecular complexity index is 556. The predicted octanol–water partition coefficient (Wildman–Crippen LogP) is 4.68. The Hall–Kier alpha value is -0.780. The largest absolute Gasteiger partial charge is 0.309 e. The van der Waals surface area contributed by atoms with E-state index < -0.39 is 11.6 Å². The maximum absolute atomic E-state index is 13.7. The van der Waals surface area contributed by atoms with E-state index in [1.807, 2.05) is 18.4 Å². The predicted molar refractivity (Wildman–Crippen MR) is 78.5 cm³/mol. The average molecular weight is 346 g/mol. The molecular weight excluding hydrogens is 332 g/mol. The molecule has 19 heavy (non-hydrogen) atoms. The summed E-state index contributed by atoms with van der Waals surface area (Å²) in [5, 5.41) is 5.29. The van der Waals surface area contributed by atoms with Gasteiger partial charge in [0, 0.05) is 15.4 Å². The van der Waals surface area contributed by atoms with E-state index >= 15 is 0 Å². The Morgan fingerprint density at radius 1 is 1.32 bits per heavy atom. The molecule has 0 aliphatic carbocycles. The van der Waals surface area contributed by atoms with Crippen LogP contribution in [0, 0.1) is 11.6 Å². The third-order valence-electron chi connectivity index (χ3n) is 2.87. The highest BCUT2D eigenvalue weighted by atomic mass is 79.9. The van der Waals surface area contributed by atoms with Gasteiger partial charge in [-0.1, -0.05) is 19.1 Å². The van der Waals surface area contributed by atoms with Crippen LogP contribution in [0.25, 0.3) is 0 Å². The molecule has 0 aliphatic rings. The molecule has 1 atom stereocenters. The van der Waals surface area contributed by atoms with Crippen LogP contribution >= 0.6 is 27.3 Å². The number of hydrogen-bond donors (Lipinski definition) is 1. The molecule has 1 heterocycles. The second kappa shape index (κ2) is 6.59. The minimum atomic E-state index is -0.794. The smallest absolute Gasteiger partial charge is 0.162 e. The molecule has 1 unspecified atom stereocenters. The van der Waals surface area contributed by atoms with Gasteiger partial charge in [0.2, 0.25) is 0 Å². The first kappa shape index (κ1) is 14.6. The minimum absolute atomic E-state index is 0.0179. The van der Waals surface area contributed by atoms with Crippen molar-refractivity contribution in [3.05, 3.63) is 56.2 Å². The van der Waals surface area contributed by atoms with E-state index in [9.17, 15) is 8.78 Å². The zero-order valence-electron chi connectivity index (χ0n) is 10.4. The zero-order valence-corrected chi connectivity index (χ0v) is 12.8. The summed E-state index contributed by atoms with van der Waals surface area (Å²) in [7, 11) is 0. The molecule has 1 N–H and O–H groups in total. The van der Waals surface area contributed by atoms with Crippen LogP contribution in [-0.4, -0.2) is 6.54 Å². The Labute approximate surface area is 123 Å². The first-order valence-corrected chi connectivity index (χ1v) is 7.70. The molecule has 5 heteroatoms. The Balaban J connectivity index is 2.27. The van der Waals surface area contributed by atoms with Crippen molar-refractivity contribution in [1.29, 1.82) is 0 Å². The number of nitrogens with one attached hydrogen (secondary N) is 1. The van der Waals surface area contributed by atoms with Crippen molar-refractivity contribution in [2.24, 2.45) is 0 Å². The van der Waals surface area contributed by atoms with Gasteiger partial charge < -0.3 is 5.32 Å². The molecule has 1 aromatic heterocycles. The summed E-state index contributed by atoms with van der Waals surface area (Å²) in [6.45, 7) is 2.77. The van der Waals surface area contributed by atoms with Crippen molar-refractivity contribution >= 4 is 27.3 Å². The molecule has 0 fully saturated rings. The molecular formula is C14H14BrF2NS. The van der Waals surface area contributed by atoms with Crippen molar-refractivity contribution in [2.75, 3.05) is 6.54 Å². The van der Waals surface area contributed by atoms with Gasteiger partial charge in [0.1, 0.15) is 0 Å². The van der Waals surface area contributed by atoms with Crippen molar-refractivity contribution in [3.63, 3.8) is 0 Å². The average Bonchev–Trinajstić information content (AvgIpc) is 2.80. The van der Waals surface area contributed by atoms with E-state index in [4.69, 9.17) is 0 Å². The van der Waals surface area contributed by atoms with Gasteiger partial charge in [0.05, 0.1) is 0 Å². The maximum Gasteiger partial charge on any atom is 0.162 e. The maximum atomic E-state index is 13.7. The van der Waals surface area contributed by atoms with Crippen LogP contribution in [0.15, 0.2) is 34.1 Å². The summed E-state index contributed by atoms with van der Waals surface area (Å²) >= 11 is 5.09. The number of hydrogen-bond acceptors (Lipinski definition) is 2. The lowest BCUT2D eigenvalue weighted by atomic mass is 10.0. The zero-order chi connectivity index (χ0) is 13.8. The Kier molecular flexibility index (Phi) is 5.07. The molecule has 0 aliphatic heterocycles. The quantitative estimate of drug-likeness (QED) is 0.829. The summed E-state index contributed by atoms with van der Waals surface area (Å²) in [5.41, 5.74) is 0.395. The summed E-state index contributed by atoms with van der Waals surface area (Å²) in [5.74, 6) is -1.55. The SMILES string of the molecule is CCNC(Cc1cccc(F)c1F)c1sccc1Br. The van der Waals surface area contributed by atoms with Gasteiger partial charge in [-0.2, -0.15) is 0 Å². The lowest BCUT2D eigenvalue weighted by molar-refractivity contribution is 0.482. The van der Waals surface area contributed by atoms with Gasteiger partial charge in [-0.15, -0.1) is 11.3 Å². The minimum Gasteiger partial charge on any atom is -0.309 e. The van der Waals surface area contributed by atoms with E-state index in [-0.39, 0.29) is 6.04 Å². The summed E-state index contributed by atoms with van der Waals surface area (Å²) in [6, 6.07) is 6.26. The highest BCUT2D eigenvalue weighted by molar-refractivity contribution is 9.10. The lowest BCUT2D eigenvalue weighted by Crippen LogP contribution is -2.23. The van der Waals surface area contributed by atoms with Gasteiger partial charge in [0.25, 0.3) is 0 Å². The number of likely N-dealkylation sites (N-methyl/N-ethyl adjacent to an activating group) is 1. The van der Waals surface area contributed by atoms with Crippen LogP contribution in [0.3, 0.4) is 0 Å². The number of thiophene rings is 1. The Morgan fingerprint density at radius 2 is 2.11 bits per heavy atom. The standard InChI is InChI=1S/C14H14BrF2NS/c1-2-18-12(14-10(15)6-7-19-14)8-9-4-3-5-11(16)13(9)17/h3-7,12,18H,2,8H2,1H3. The summed E-state index contributed by atoms with van der Waals surface area (Å²) < 4.78 is 28.0. The first-order valence-electron chi connectivity index (χ1n) is 6.02. The molecule has 2 rings (SSSR count). The molecule has 0 radical (unpaired) electrons. The van der Waals surface area contributed by atoms with Gasteiger partial charge in [0.15, 0.2) is 11.6 Å². The number of halogens is 3. The number of benzene rings is 1. The first-order chi connectivity index (χ1) is 9.13. The number of rotatable bonds is 5. The van der Waals surface area contributed by atoms with Crippen molar-refractivity contribution in [2.45, 2.75) is 19.4 Å². The Morgan fingerprint density at radius 3 is 2.74 bits per heavy atom. The molecule has 0 saturated carbocycles. The topological polar surface area (TPSA) is 12.0 Å². The monoisotopic (exact) mass is 345 g/mol. The lowest BCUT2D eigenvalue weighted by Gasteiger charge is -2.17. The molecule has 2 aromatic rings. The van der Waals surface area contributed by atoms with Gasteiger partial charge in [-0.25, -0.2) is 8.78 Å². The summed E-state index contributed by atoms with van der Waals surface area (Å²) in [6.07, 6.45) is 0.427. The van der Waals surface area contributed by atoms with E-state index in [1.54, 1.807) is 23.5 Å². The molecule has 0 bridgehead atoms. The molecule has 102 valence electrons. The van der Waals surface area contributed by atoms with Gasteiger partial charge >= 0.3 is 0 Å². The van der Waals surface area contributed by atoms with E-state index in [1.165, 1.54) is 0 Å². The van der Waals surface area contributed by atoms with E-state index in [2.05, 4.69) is 21.2 Å². The van der Waals surface area contributed by atoms with Crippen LogP contribution in [0.2, 0.25) is 0 Å². The normalized spacial score (nSPS) is 12.6. The van der Waals surface area contributed by atoms with Crippen molar-refractivity contribution in [3.8, 4) is 0 Å². The second-order valence-electron chi connectivity index (χ2n) is 4.16. The summed E-state index contributed by atoms with van der Waals surface area (Å²) in [4.78, 5) is 1.10. The van der Waals surface area contributed by atoms with Gasteiger partial charge in [-0.3, -0.25) is 0 Å². The third-order valence-corrected chi connectivity index (χ3v) is 4.85. The molecule has 1 nitrogen and oxygen atoms in total. The highest BCUT2D eigenvalue weighted by Crippen LogP contribution is 2.31. The fourth-order valence-electron chi connectivity index (χ4n) is 1.98. The third kappa shape index (κ3) is 3.41. The van der Waals surface area contributed by atoms with Crippen LogP contribution in [0.4, 0.5) is 8.78 Å². The second-order valence-corrected chi connectivity index (χ2v) is 5.96. The highest BCUT2D eigenvalue weighted by Gasteiger charge is 2.18. The molecule has 0 spiro atoms. The van der Waals surface area contributed by atoms with Crippen molar-refractivity contribution in [1.82, 2.24) is 5.32 Å². The van der Waals surface area contributed by atoms with Crippen LogP contribution < -0.4 is 5.32 Å². The van der Waals surface area contributed by atoms with Crippen LogP contribution in [-0.2, 0) is 6.42 Å². The van der Waals surface area contributed by atoms with Gasteiger partial charge in [-0.05, 0) is 52.0 Å². The fourth-order valence-corrected chi connectivity index (χ4v) is 3.71. The molecule has 1 aromatic carbocycles. The van der Waals surface area contributed by atoms with Crippen LogP contribution in [0.5, 0.6) is 0 Å². The van der Waals surface area contributed by atoms with E-state index in [0.717, 1.165) is 22.0 Å².